The summed E-state index contributed by atoms with van der Waals surface area (Å²) in [7, 11) is 0. The molecule has 0 spiro atoms. The van der Waals surface area contributed by atoms with Crippen LogP contribution < -0.4 is 16.0 Å². The lowest BCUT2D eigenvalue weighted by atomic mass is 10.2. The van der Waals surface area contributed by atoms with Crippen molar-refractivity contribution in [1.82, 2.24) is 10.3 Å². The van der Waals surface area contributed by atoms with Gasteiger partial charge in [-0.1, -0.05) is 0 Å². The van der Waals surface area contributed by atoms with Crippen LogP contribution in [0.15, 0.2) is 48.5 Å². The van der Waals surface area contributed by atoms with Gasteiger partial charge in [-0.3, -0.25) is 14.9 Å². The van der Waals surface area contributed by atoms with E-state index in [0.717, 1.165) is 0 Å². The number of ether oxygens (including phenoxy) is 1. The SMILES string of the molecule is CCOC(=O)c1cc2cc(NC(=O)CNC(=O)Nc3ccc([N+](=O)[O-])cc3)ccc2[nH]1. The maximum Gasteiger partial charge on any atom is 0.354 e. The molecule has 0 atom stereocenters. The molecule has 160 valence electrons. The molecule has 0 aliphatic rings. The Balaban J connectivity index is 1.52. The van der Waals surface area contributed by atoms with Crippen LogP contribution in [0.2, 0.25) is 0 Å². The van der Waals surface area contributed by atoms with Crippen molar-refractivity contribution in [3.05, 3.63) is 64.3 Å². The lowest BCUT2D eigenvalue weighted by Gasteiger charge is -2.08. The van der Waals surface area contributed by atoms with Gasteiger partial charge in [0.05, 0.1) is 18.1 Å². The third-order valence-corrected chi connectivity index (χ3v) is 4.15. The zero-order valence-electron chi connectivity index (χ0n) is 16.4. The molecule has 0 unspecified atom stereocenters. The number of benzene rings is 2. The van der Waals surface area contributed by atoms with E-state index in [4.69, 9.17) is 4.74 Å². The molecule has 3 rings (SSSR count). The van der Waals surface area contributed by atoms with Crippen LogP contribution in [0.5, 0.6) is 0 Å². The monoisotopic (exact) mass is 425 g/mol. The topological polar surface area (TPSA) is 155 Å². The average molecular weight is 425 g/mol. The number of non-ortho nitro benzene ring substituents is 1. The summed E-state index contributed by atoms with van der Waals surface area (Å²) in [6.07, 6.45) is 0. The number of anilines is 2. The summed E-state index contributed by atoms with van der Waals surface area (Å²) in [5.41, 5.74) is 1.76. The van der Waals surface area contributed by atoms with Gasteiger partial charge in [-0.25, -0.2) is 9.59 Å². The maximum absolute atomic E-state index is 12.1. The molecule has 11 heteroatoms. The van der Waals surface area contributed by atoms with Crippen molar-refractivity contribution in [2.24, 2.45) is 0 Å². The number of amides is 3. The molecule has 0 fully saturated rings. The van der Waals surface area contributed by atoms with Crippen molar-refractivity contribution < 1.29 is 24.0 Å². The number of nitro benzene ring substituents is 1. The number of nitrogens with zero attached hydrogens (tertiary/aromatic N) is 1. The van der Waals surface area contributed by atoms with Crippen LogP contribution in [-0.4, -0.2) is 41.0 Å². The summed E-state index contributed by atoms with van der Waals surface area (Å²) in [6, 6.07) is 11.3. The maximum atomic E-state index is 12.1. The molecule has 3 aromatic rings. The molecule has 4 N–H and O–H groups in total. The first-order chi connectivity index (χ1) is 14.9. The van der Waals surface area contributed by atoms with E-state index in [9.17, 15) is 24.5 Å². The Morgan fingerprint density at radius 2 is 1.74 bits per heavy atom. The summed E-state index contributed by atoms with van der Waals surface area (Å²) < 4.78 is 4.95. The molecule has 0 radical (unpaired) electrons. The Morgan fingerprint density at radius 3 is 2.42 bits per heavy atom. The lowest BCUT2D eigenvalue weighted by Crippen LogP contribution is -2.35. The molecular formula is C20H19N5O6. The van der Waals surface area contributed by atoms with E-state index in [0.29, 0.717) is 28.0 Å². The number of nitrogens with one attached hydrogen (secondary N) is 4. The van der Waals surface area contributed by atoms with E-state index in [2.05, 4.69) is 20.9 Å². The Hall–Kier alpha value is -4.41. The molecule has 2 aromatic carbocycles. The number of urea groups is 1. The number of fused-ring (bicyclic) bond motifs is 1. The first kappa shape index (κ1) is 21.3. The number of hydrogen-bond acceptors (Lipinski definition) is 6. The van der Waals surface area contributed by atoms with E-state index in [-0.39, 0.29) is 18.8 Å². The highest BCUT2D eigenvalue weighted by atomic mass is 16.6. The van der Waals surface area contributed by atoms with Gasteiger partial charge in [-0.2, -0.15) is 0 Å². The number of hydrogen-bond donors (Lipinski definition) is 4. The molecule has 0 aliphatic heterocycles. The molecular weight excluding hydrogens is 406 g/mol. The minimum atomic E-state index is -0.635. The molecule has 31 heavy (non-hydrogen) atoms. The number of carbonyl (C=O) groups is 3. The van der Waals surface area contributed by atoms with Crippen LogP contribution in [-0.2, 0) is 9.53 Å². The zero-order chi connectivity index (χ0) is 22.4. The predicted molar refractivity (Wildman–Crippen MR) is 113 cm³/mol. The van der Waals surface area contributed by atoms with Crippen LogP contribution in [0.1, 0.15) is 17.4 Å². The van der Waals surface area contributed by atoms with E-state index in [1.54, 1.807) is 31.2 Å². The van der Waals surface area contributed by atoms with Crippen LogP contribution >= 0.6 is 0 Å². The standard InChI is InChI=1S/C20H19N5O6/c1-2-31-19(27)17-10-12-9-14(5-8-16(12)24-17)22-18(26)11-21-20(28)23-13-3-6-15(7-4-13)25(29)30/h3-10,24H,2,11H2,1H3,(H,22,26)(H2,21,23,28). The van der Waals surface area contributed by atoms with E-state index >= 15 is 0 Å². The van der Waals surface area contributed by atoms with Crippen molar-refractivity contribution >= 4 is 45.9 Å². The Morgan fingerprint density at radius 1 is 1.03 bits per heavy atom. The lowest BCUT2D eigenvalue weighted by molar-refractivity contribution is -0.384. The number of aromatic amines is 1. The van der Waals surface area contributed by atoms with Crippen molar-refractivity contribution in [2.45, 2.75) is 6.92 Å². The second-order valence-corrected chi connectivity index (χ2v) is 6.37. The normalized spacial score (nSPS) is 10.4. The van der Waals surface area contributed by atoms with Crippen LogP contribution in [0.3, 0.4) is 0 Å². The third-order valence-electron chi connectivity index (χ3n) is 4.15. The van der Waals surface area contributed by atoms with Gasteiger partial charge in [-0.15, -0.1) is 0 Å². The fourth-order valence-electron chi connectivity index (χ4n) is 2.74. The fraction of sp³-hybridized carbons (Fsp3) is 0.150. The van der Waals surface area contributed by atoms with Crippen molar-refractivity contribution in [3.8, 4) is 0 Å². The molecule has 3 amide bonds. The summed E-state index contributed by atoms with van der Waals surface area (Å²) in [5, 5.41) is 18.9. The number of aromatic nitrogens is 1. The minimum absolute atomic E-state index is 0.0981. The highest BCUT2D eigenvalue weighted by Crippen LogP contribution is 2.20. The highest BCUT2D eigenvalue weighted by molar-refractivity contribution is 5.99. The smallest absolute Gasteiger partial charge is 0.354 e. The molecule has 0 aliphatic carbocycles. The van der Waals surface area contributed by atoms with Crippen molar-refractivity contribution in [2.75, 3.05) is 23.8 Å². The minimum Gasteiger partial charge on any atom is -0.461 e. The number of rotatable bonds is 7. The molecule has 11 nitrogen and oxygen atoms in total. The summed E-state index contributed by atoms with van der Waals surface area (Å²) >= 11 is 0. The Bertz CT molecular complexity index is 1140. The number of esters is 1. The van der Waals surface area contributed by atoms with Crippen LogP contribution in [0, 0.1) is 10.1 Å². The predicted octanol–water partition coefficient (Wildman–Crippen LogP) is 3.01. The molecule has 0 bridgehead atoms. The van der Waals surface area contributed by atoms with Gasteiger partial charge in [0.2, 0.25) is 5.91 Å². The van der Waals surface area contributed by atoms with Gasteiger partial charge >= 0.3 is 12.0 Å². The third kappa shape index (κ3) is 5.56. The molecule has 1 heterocycles. The van der Waals surface area contributed by atoms with Gasteiger partial charge < -0.3 is 25.7 Å². The van der Waals surface area contributed by atoms with Gasteiger partial charge in [0.15, 0.2) is 0 Å². The first-order valence-electron chi connectivity index (χ1n) is 9.24. The van der Waals surface area contributed by atoms with E-state index < -0.39 is 22.8 Å². The second-order valence-electron chi connectivity index (χ2n) is 6.37. The largest absolute Gasteiger partial charge is 0.461 e. The van der Waals surface area contributed by atoms with Crippen LogP contribution in [0.25, 0.3) is 10.9 Å². The molecule has 0 saturated carbocycles. The number of nitro groups is 1. The first-order valence-corrected chi connectivity index (χ1v) is 9.24. The summed E-state index contributed by atoms with van der Waals surface area (Å²) in [4.78, 5) is 48.8. The van der Waals surface area contributed by atoms with Gasteiger partial charge in [0.1, 0.15) is 5.69 Å². The second kappa shape index (κ2) is 9.39. The van der Waals surface area contributed by atoms with Crippen molar-refractivity contribution in [3.63, 3.8) is 0 Å². The summed E-state index contributed by atoms with van der Waals surface area (Å²) in [5.74, 6) is -0.924. The van der Waals surface area contributed by atoms with Crippen LogP contribution in [0.4, 0.5) is 21.9 Å². The van der Waals surface area contributed by atoms with Gasteiger partial charge in [-0.05, 0) is 43.3 Å². The van der Waals surface area contributed by atoms with Gasteiger partial charge in [0.25, 0.3) is 5.69 Å². The summed E-state index contributed by atoms with van der Waals surface area (Å²) in [6.45, 7) is 1.69. The quantitative estimate of drug-likeness (QED) is 0.259. The zero-order valence-corrected chi connectivity index (χ0v) is 16.4. The number of carbonyl (C=O) groups excluding carboxylic acids is 3. The van der Waals surface area contributed by atoms with Crippen molar-refractivity contribution in [1.29, 1.82) is 0 Å². The van der Waals surface area contributed by atoms with E-state index in [1.807, 2.05) is 0 Å². The highest BCUT2D eigenvalue weighted by Gasteiger charge is 2.12. The Kier molecular flexibility index (Phi) is 6.45. The van der Waals surface area contributed by atoms with Gasteiger partial charge in [0, 0.05) is 34.4 Å². The number of H-pyrrole nitrogens is 1. The molecule has 0 saturated heterocycles. The van der Waals surface area contributed by atoms with E-state index in [1.165, 1.54) is 24.3 Å². The fourth-order valence-corrected chi connectivity index (χ4v) is 2.74. The Labute approximate surface area is 175 Å². The molecule has 1 aromatic heterocycles. The average Bonchev–Trinajstić information content (AvgIpc) is 3.16.